The fraction of sp³-hybridized carbons (Fsp3) is 0.417. The fourth-order valence-electron chi connectivity index (χ4n) is 1.34. The van der Waals surface area contributed by atoms with E-state index in [1.807, 2.05) is 30.3 Å². The molecule has 4 heteroatoms. The minimum atomic E-state index is -1.01. The van der Waals surface area contributed by atoms with Gasteiger partial charge in [0.2, 0.25) is 0 Å². The van der Waals surface area contributed by atoms with Crippen LogP contribution in [-0.2, 0) is 16.0 Å². The molecule has 0 saturated heterocycles. The SMILES string of the molecule is CCOC(=O)C(Cl)C(O)Cc1ccccc1. The second-order valence-electron chi connectivity index (χ2n) is 3.41. The molecule has 0 heterocycles. The van der Waals surface area contributed by atoms with Gasteiger partial charge in [0.1, 0.15) is 0 Å². The maximum atomic E-state index is 11.3. The van der Waals surface area contributed by atoms with Crippen LogP contribution in [0.2, 0.25) is 0 Å². The summed E-state index contributed by atoms with van der Waals surface area (Å²) in [5.41, 5.74) is 0.935. The molecule has 1 N–H and O–H groups in total. The summed E-state index contributed by atoms with van der Waals surface area (Å²) in [5.74, 6) is -0.576. The highest BCUT2D eigenvalue weighted by atomic mass is 35.5. The average Bonchev–Trinajstić information content (AvgIpc) is 2.29. The van der Waals surface area contributed by atoms with E-state index >= 15 is 0 Å². The Morgan fingerprint density at radius 1 is 1.44 bits per heavy atom. The van der Waals surface area contributed by atoms with E-state index in [1.165, 1.54) is 0 Å². The van der Waals surface area contributed by atoms with Gasteiger partial charge in [-0.3, -0.25) is 4.79 Å². The molecule has 0 bridgehead atoms. The number of halogens is 1. The normalized spacial score (nSPS) is 14.2. The minimum Gasteiger partial charge on any atom is -0.465 e. The van der Waals surface area contributed by atoms with Crippen LogP contribution in [0.3, 0.4) is 0 Å². The van der Waals surface area contributed by atoms with E-state index in [-0.39, 0.29) is 6.61 Å². The summed E-state index contributed by atoms with van der Waals surface area (Å²) >= 11 is 5.79. The molecule has 0 aliphatic rings. The van der Waals surface area contributed by atoms with E-state index in [4.69, 9.17) is 16.3 Å². The second-order valence-corrected chi connectivity index (χ2v) is 3.88. The van der Waals surface area contributed by atoms with Gasteiger partial charge in [-0.05, 0) is 12.5 Å². The molecule has 1 aromatic carbocycles. The molecule has 1 rings (SSSR count). The van der Waals surface area contributed by atoms with E-state index in [2.05, 4.69) is 0 Å². The summed E-state index contributed by atoms with van der Waals surface area (Å²) in [6, 6.07) is 9.38. The average molecular weight is 243 g/mol. The van der Waals surface area contributed by atoms with Gasteiger partial charge in [-0.1, -0.05) is 30.3 Å². The van der Waals surface area contributed by atoms with Crippen LogP contribution < -0.4 is 0 Å². The molecule has 0 spiro atoms. The Balaban J connectivity index is 2.52. The largest absolute Gasteiger partial charge is 0.465 e. The van der Waals surface area contributed by atoms with Crippen LogP contribution in [0.1, 0.15) is 12.5 Å². The number of carbonyl (C=O) groups excluding carboxylic acids is 1. The first-order chi connectivity index (χ1) is 7.65. The number of aliphatic hydroxyl groups is 1. The zero-order chi connectivity index (χ0) is 12.0. The topological polar surface area (TPSA) is 46.5 Å². The van der Waals surface area contributed by atoms with Crippen LogP contribution in [0, 0.1) is 0 Å². The molecule has 0 radical (unpaired) electrons. The zero-order valence-electron chi connectivity index (χ0n) is 9.10. The van der Waals surface area contributed by atoms with E-state index in [9.17, 15) is 9.90 Å². The van der Waals surface area contributed by atoms with Crippen molar-refractivity contribution in [1.29, 1.82) is 0 Å². The van der Waals surface area contributed by atoms with E-state index in [0.717, 1.165) is 5.56 Å². The fourth-order valence-corrected chi connectivity index (χ4v) is 1.49. The highest BCUT2D eigenvalue weighted by Crippen LogP contribution is 2.11. The van der Waals surface area contributed by atoms with Crippen LogP contribution in [-0.4, -0.2) is 29.2 Å². The molecular weight excluding hydrogens is 228 g/mol. The molecule has 0 aliphatic carbocycles. The van der Waals surface area contributed by atoms with Gasteiger partial charge in [0.05, 0.1) is 12.7 Å². The summed E-state index contributed by atoms with van der Waals surface area (Å²) in [5, 5.41) is 8.72. The molecular formula is C12H15ClO3. The quantitative estimate of drug-likeness (QED) is 0.632. The monoisotopic (exact) mass is 242 g/mol. The molecule has 2 unspecified atom stereocenters. The number of hydrogen-bond acceptors (Lipinski definition) is 3. The number of rotatable bonds is 5. The number of esters is 1. The number of benzene rings is 1. The van der Waals surface area contributed by atoms with Gasteiger partial charge in [0, 0.05) is 6.42 Å². The smallest absolute Gasteiger partial charge is 0.326 e. The van der Waals surface area contributed by atoms with Gasteiger partial charge in [0.15, 0.2) is 5.38 Å². The number of alkyl halides is 1. The van der Waals surface area contributed by atoms with E-state index < -0.39 is 17.5 Å². The Labute approximate surface area is 100.0 Å². The van der Waals surface area contributed by atoms with Crippen molar-refractivity contribution in [2.75, 3.05) is 6.61 Å². The van der Waals surface area contributed by atoms with Crippen molar-refractivity contribution < 1.29 is 14.6 Å². The molecule has 2 atom stereocenters. The lowest BCUT2D eigenvalue weighted by Crippen LogP contribution is -2.32. The van der Waals surface area contributed by atoms with Crippen molar-refractivity contribution in [2.24, 2.45) is 0 Å². The maximum absolute atomic E-state index is 11.3. The standard InChI is InChI=1S/C12H15ClO3/c1-2-16-12(15)11(13)10(14)8-9-6-4-3-5-7-9/h3-7,10-11,14H,2,8H2,1H3. The van der Waals surface area contributed by atoms with Gasteiger partial charge in [-0.2, -0.15) is 0 Å². The number of ether oxygens (including phenoxy) is 1. The predicted molar refractivity (Wildman–Crippen MR) is 62.4 cm³/mol. The lowest BCUT2D eigenvalue weighted by Gasteiger charge is -2.15. The molecule has 0 aliphatic heterocycles. The molecule has 0 amide bonds. The Morgan fingerprint density at radius 3 is 2.62 bits per heavy atom. The third-order valence-corrected chi connectivity index (χ3v) is 2.61. The first-order valence-corrected chi connectivity index (χ1v) is 5.61. The predicted octanol–water partition coefficient (Wildman–Crippen LogP) is 1.76. The molecule has 88 valence electrons. The van der Waals surface area contributed by atoms with Crippen molar-refractivity contribution in [3.05, 3.63) is 35.9 Å². The first kappa shape index (κ1) is 13.0. The third-order valence-electron chi connectivity index (χ3n) is 2.14. The molecule has 0 aromatic heterocycles. The number of carbonyl (C=O) groups is 1. The summed E-state index contributed by atoms with van der Waals surface area (Å²) < 4.78 is 4.73. The molecule has 16 heavy (non-hydrogen) atoms. The van der Waals surface area contributed by atoms with Crippen molar-refractivity contribution in [3.8, 4) is 0 Å². The lowest BCUT2D eigenvalue weighted by molar-refractivity contribution is -0.144. The Morgan fingerprint density at radius 2 is 2.06 bits per heavy atom. The van der Waals surface area contributed by atoms with Gasteiger partial charge >= 0.3 is 5.97 Å². The van der Waals surface area contributed by atoms with E-state index in [1.54, 1.807) is 6.92 Å². The van der Waals surface area contributed by atoms with Crippen LogP contribution in [0.5, 0.6) is 0 Å². The lowest BCUT2D eigenvalue weighted by atomic mass is 10.1. The van der Waals surface area contributed by atoms with Crippen LogP contribution in [0.15, 0.2) is 30.3 Å². The molecule has 0 fully saturated rings. The first-order valence-electron chi connectivity index (χ1n) is 5.17. The maximum Gasteiger partial charge on any atom is 0.326 e. The Kier molecular flexibility index (Phi) is 5.29. The van der Waals surface area contributed by atoms with Crippen molar-refractivity contribution >= 4 is 17.6 Å². The zero-order valence-corrected chi connectivity index (χ0v) is 9.85. The van der Waals surface area contributed by atoms with Gasteiger partial charge < -0.3 is 9.84 Å². The number of aliphatic hydroxyl groups excluding tert-OH is 1. The van der Waals surface area contributed by atoms with Crippen molar-refractivity contribution in [3.63, 3.8) is 0 Å². The van der Waals surface area contributed by atoms with Crippen LogP contribution in [0.4, 0.5) is 0 Å². The van der Waals surface area contributed by atoms with Crippen molar-refractivity contribution in [1.82, 2.24) is 0 Å². The highest BCUT2D eigenvalue weighted by molar-refractivity contribution is 6.30. The Hall–Kier alpha value is -1.06. The highest BCUT2D eigenvalue weighted by Gasteiger charge is 2.25. The summed E-state index contributed by atoms with van der Waals surface area (Å²) in [4.78, 5) is 11.3. The molecule has 0 saturated carbocycles. The van der Waals surface area contributed by atoms with Crippen LogP contribution in [0.25, 0.3) is 0 Å². The third kappa shape index (κ3) is 3.83. The van der Waals surface area contributed by atoms with Gasteiger partial charge in [-0.25, -0.2) is 0 Å². The van der Waals surface area contributed by atoms with Gasteiger partial charge in [0.25, 0.3) is 0 Å². The molecule has 3 nitrogen and oxygen atoms in total. The van der Waals surface area contributed by atoms with Gasteiger partial charge in [-0.15, -0.1) is 11.6 Å². The minimum absolute atomic E-state index is 0.264. The summed E-state index contributed by atoms with van der Waals surface area (Å²) in [6.07, 6.45) is -0.587. The summed E-state index contributed by atoms with van der Waals surface area (Å²) in [7, 11) is 0. The molecule has 1 aromatic rings. The Bertz CT molecular complexity index is 326. The number of hydrogen-bond donors (Lipinski definition) is 1. The second kappa shape index (κ2) is 6.51. The van der Waals surface area contributed by atoms with Crippen LogP contribution >= 0.6 is 11.6 Å². The van der Waals surface area contributed by atoms with E-state index in [0.29, 0.717) is 6.42 Å². The summed E-state index contributed by atoms with van der Waals surface area (Å²) in [6.45, 7) is 1.96. The van der Waals surface area contributed by atoms with Crippen molar-refractivity contribution in [2.45, 2.75) is 24.8 Å².